The predicted octanol–water partition coefficient (Wildman–Crippen LogP) is 8.27. The fraction of sp³-hybridized carbons (Fsp3) is 0.976. The van der Waals surface area contributed by atoms with Gasteiger partial charge in [-0.25, -0.2) is 0 Å². The van der Waals surface area contributed by atoms with Crippen molar-refractivity contribution >= 4 is 5.97 Å². The van der Waals surface area contributed by atoms with Gasteiger partial charge in [0.05, 0.1) is 50.2 Å². The Morgan fingerprint density at radius 1 is 0.940 bits per heavy atom. The monoisotopic (exact) mass is 708 g/mol. The van der Waals surface area contributed by atoms with Crippen molar-refractivity contribution in [3.05, 3.63) is 0 Å². The lowest BCUT2D eigenvalue weighted by molar-refractivity contribution is -0.245. The third-order valence-electron chi connectivity index (χ3n) is 15.0. The van der Waals surface area contributed by atoms with Crippen molar-refractivity contribution in [2.45, 2.75) is 177 Å². The molecule has 0 aromatic heterocycles. The number of hydrogen-bond donors (Lipinski definition) is 1. The second-order valence-electron chi connectivity index (χ2n) is 17.8. The number of hydrogen-bond acceptors (Lipinski definition) is 8. The Kier molecular flexibility index (Phi) is 12.6. The van der Waals surface area contributed by atoms with Crippen LogP contribution >= 0.6 is 0 Å². The third kappa shape index (κ3) is 6.87. The van der Waals surface area contributed by atoms with Crippen molar-refractivity contribution < 1.29 is 35.0 Å². The molecule has 2 heterocycles. The molecule has 2 saturated heterocycles. The van der Waals surface area contributed by atoms with E-state index in [0.29, 0.717) is 67.1 Å². The highest BCUT2D eigenvalue weighted by Crippen LogP contribution is 2.87. The smallest absolute Gasteiger partial charge is 0.320 e. The molecule has 0 amide bonds. The Bertz CT molecular complexity index is 1150. The van der Waals surface area contributed by atoms with Gasteiger partial charge in [0.2, 0.25) is 0 Å². The zero-order valence-electron chi connectivity index (χ0n) is 33.9. The zero-order chi connectivity index (χ0) is 36.7. The van der Waals surface area contributed by atoms with Gasteiger partial charge >= 0.3 is 5.97 Å². The number of esters is 1. The maximum atomic E-state index is 12.1. The second kappa shape index (κ2) is 15.5. The van der Waals surface area contributed by atoms with Crippen LogP contribution in [0, 0.1) is 45.3 Å². The van der Waals surface area contributed by atoms with Gasteiger partial charge in [-0.1, -0.05) is 48.5 Å². The Morgan fingerprint density at radius 3 is 2.34 bits per heavy atom. The quantitative estimate of drug-likeness (QED) is 0.240. The number of aliphatic hydroxyl groups is 1. The topological polar surface area (TPSA) is 86.7 Å². The summed E-state index contributed by atoms with van der Waals surface area (Å²) < 4.78 is 31.2. The van der Waals surface area contributed by atoms with Gasteiger partial charge in [-0.15, -0.1) is 0 Å². The van der Waals surface area contributed by atoms with Crippen molar-refractivity contribution in [3.8, 4) is 0 Å². The van der Waals surface area contributed by atoms with Crippen molar-refractivity contribution in [2.75, 3.05) is 39.5 Å². The van der Waals surface area contributed by atoms with E-state index in [1.807, 2.05) is 55.4 Å². The fourth-order valence-corrected chi connectivity index (χ4v) is 13.1. The summed E-state index contributed by atoms with van der Waals surface area (Å²) in [6, 6.07) is 0. The van der Waals surface area contributed by atoms with E-state index in [1.54, 1.807) is 0 Å². The van der Waals surface area contributed by atoms with E-state index in [9.17, 15) is 9.90 Å². The van der Waals surface area contributed by atoms with Crippen LogP contribution in [0.25, 0.3) is 0 Å². The first-order valence-electron chi connectivity index (χ1n) is 20.9. The van der Waals surface area contributed by atoms with Crippen LogP contribution in [-0.4, -0.2) is 91.7 Å². The van der Waals surface area contributed by atoms with Crippen molar-refractivity contribution in [1.29, 1.82) is 0 Å². The fourth-order valence-electron chi connectivity index (χ4n) is 13.1. The number of rotatable bonds is 9. The summed E-state index contributed by atoms with van der Waals surface area (Å²) >= 11 is 0. The van der Waals surface area contributed by atoms with Crippen LogP contribution in [0.4, 0.5) is 0 Å². The van der Waals surface area contributed by atoms with Gasteiger partial charge in [0.1, 0.15) is 6.10 Å². The molecule has 7 fully saturated rings. The number of carbonyl (C=O) groups is 1. The van der Waals surface area contributed by atoms with Gasteiger partial charge in [-0.05, 0) is 137 Å². The van der Waals surface area contributed by atoms with Crippen LogP contribution in [0.2, 0.25) is 0 Å². The maximum absolute atomic E-state index is 12.1. The molecule has 5 aliphatic carbocycles. The molecule has 7 unspecified atom stereocenters. The SMILES string of the molecule is CC.CC.CCOC(=O)CN1CCOC(O[C@H]2CC[C@]34C[C@]35CC[C@]3(C)C6CCC([C@H](OCC)C(C)(C)O)OC6CC3C5CCC4C2(C)C)C1.[HH]. The number of morpholine rings is 1. The van der Waals surface area contributed by atoms with Gasteiger partial charge in [-0.2, -0.15) is 0 Å². The predicted molar refractivity (Wildman–Crippen MR) is 200 cm³/mol. The average molecular weight is 708 g/mol. The normalized spacial score (nSPS) is 43.5. The molecule has 2 spiro atoms. The van der Waals surface area contributed by atoms with E-state index in [1.165, 1.54) is 51.4 Å². The van der Waals surface area contributed by atoms with E-state index < -0.39 is 5.60 Å². The molecular weight excluding hydrogens is 630 g/mol. The molecule has 8 nitrogen and oxygen atoms in total. The minimum atomic E-state index is -0.911. The molecule has 2 aliphatic heterocycles. The Labute approximate surface area is 306 Å². The van der Waals surface area contributed by atoms with Crippen LogP contribution in [0.1, 0.15) is 142 Å². The summed E-state index contributed by atoms with van der Waals surface area (Å²) in [6.07, 6.45) is 12.4. The van der Waals surface area contributed by atoms with Gasteiger partial charge in [0.25, 0.3) is 0 Å². The molecule has 0 bridgehead atoms. The summed E-state index contributed by atoms with van der Waals surface area (Å²) in [6.45, 7) is 26.5. The molecule has 8 heteroatoms. The van der Waals surface area contributed by atoms with E-state index in [4.69, 9.17) is 23.7 Å². The molecule has 1 N–H and O–H groups in total. The van der Waals surface area contributed by atoms with Gasteiger partial charge in [0, 0.05) is 14.6 Å². The summed E-state index contributed by atoms with van der Waals surface area (Å²) in [7, 11) is 0. The van der Waals surface area contributed by atoms with Crippen LogP contribution < -0.4 is 0 Å². The Morgan fingerprint density at radius 2 is 1.66 bits per heavy atom. The largest absolute Gasteiger partial charge is 0.465 e. The maximum Gasteiger partial charge on any atom is 0.320 e. The highest BCUT2D eigenvalue weighted by Gasteiger charge is 2.80. The van der Waals surface area contributed by atoms with E-state index in [0.717, 1.165) is 31.2 Å². The second-order valence-corrected chi connectivity index (χ2v) is 17.8. The molecule has 292 valence electrons. The molecule has 0 radical (unpaired) electrons. The number of nitrogens with zero attached hydrogens (tertiary/aromatic N) is 1. The van der Waals surface area contributed by atoms with Crippen LogP contribution in [-0.2, 0) is 28.5 Å². The molecule has 0 aromatic rings. The molecule has 5 saturated carbocycles. The third-order valence-corrected chi connectivity index (χ3v) is 15.0. The molecule has 7 aliphatic rings. The summed E-state index contributed by atoms with van der Waals surface area (Å²) in [4.78, 5) is 14.2. The number of carbonyl (C=O) groups excluding carboxylic acids is 1. The zero-order valence-corrected chi connectivity index (χ0v) is 33.9. The first kappa shape index (κ1) is 40.4. The van der Waals surface area contributed by atoms with E-state index >= 15 is 0 Å². The molecule has 12 atom stereocenters. The van der Waals surface area contributed by atoms with Crippen molar-refractivity contribution in [2.24, 2.45) is 45.3 Å². The molecule has 50 heavy (non-hydrogen) atoms. The summed E-state index contributed by atoms with van der Waals surface area (Å²) in [5.74, 6) is 2.68. The van der Waals surface area contributed by atoms with Gasteiger partial charge in [0.15, 0.2) is 6.29 Å². The van der Waals surface area contributed by atoms with Crippen LogP contribution in [0.15, 0.2) is 0 Å². The standard InChI is InChI=1S/C38H63NO7.2C2H6.H2/c1-8-42-31(40)21-39-18-19-44-32(22-39)46-30-14-15-38-23-37(38)17-16-36(7)25-10-12-27(33(43-9-2)35(5,6)41)45-28(25)20-26(36)24(37)11-13-29(38)34(30,3)4;2*1-2;/h24-30,32-33,41H,8-23H2,1-7H3;2*1-2H3;1H/t24?,25?,26?,27?,28?,29?,30-,32?,33-,36+,37-,38+;;;/m0.../s1. The lowest BCUT2D eigenvalue weighted by Gasteiger charge is -2.60. The van der Waals surface area contributed by atoms with E-state index in [2.05, 4.69) is 25.7 Å². The van der Waals surface area contributed by atoms with Crippen molar-refractivity contribution in [3.63, 3.8) is 0 Å². The van der Waals surface area contributed by atoms with Gasteiger partial charge in [-0.3, -0.25) is 9.69 Å². The van der Waals surface area contributed by atoms with Crippen molar-refractivity contribution in [1.82, 2.24) is 4.90 Å². The highest BCUT2D eigenvalue weighted by atomic mass is 16.7. The first-order chi connectivity index (χ1) is 23.8. The minimum Gasteiger partial charge on any atom is -0.465 e. The number of fused-ring (bicyclic) bond motifs is 4. The highest BCUT2D eigenvalue weighted by molar-refractivity contribution is 5.71. The van der Waals surface area contributed by atoms with Crippen LogP contribution in [0.3, 0.4) is 0 Å². The summed E-state index contributed by atoms with van der Waals surface area (Å²) in [5, 5.41) is 10.9. The molecule has 7 rings (SSSR count). The van der Waals surface area contributed by atoms with Crippen LogP contribution in [0.5, 0.6) is 0 Å². The number of ether oxygens (including phenoxy) is 5. The Hall–Kier alpha value is -0.770. The average Bonchev–Trinajstić information content (AvgIpc) is 3.66. The summed E-state index contributed by atoms with van der Waals surface area (Å²) in [5.41, 5.74) is 0.495. The first-order valence-corrected chi connectivity index (χ1v) is 20.9. The molecule has 0 aromatic carbocycles. The van der Waals surface area contributed by atoms with E-state index in [-0.39, 0.29) is 37.4 Å². The van der Waals surface area contributed by atoms with Gasteiger partial charge < -0.3 is 28.8 Å². The lowest BCUT2D eigenvalue weighted by Crippen LogP contribution is -2.56. The minimum absolute atomic E-state index is 0. The molecular formula is C42H77NO7. The Balaban J connectivity index is 0.00000113. The lowest BCUT2D eigenvalue weighted by atomic mass is 9.46.